The van der Waals surface area contributed by atoms with Gasteiger partial charge in [-0.3, -0.25) is 9.59 Å². The van der Waals surface area contributed by atoms with E-state index in [2.05, 4.69) is 22.9 Å². The monoisotopic (exact) mass is 599 g/mol. The van der Waals surface area contributed by atoms with Gasteiger partial charge in [0.1, 0.15) is 11.6 Å². The summed E-state index contributed by atoms with van der Waals surface area (Å²) in [7, 11) is 0. The standard InChI is InChI=1S/C33H43BrFNO3/c1-2-3-4-5-6-7-8-9-10-11-12-13-14-15-24-36-30(25-18-22-28(35)23-19-25)29(32(38)33(36)39)31(37)26-16-20-27(34)21-17-26/h16-23,30,37H,2-15,24H2,1H3/t30-/m1/s1. The van der Waals surface area contributed by atoms with Gasteiger partial charge in [-0.25, -0.2) is 4.39 Å². The molecule has 0 unspecified atom stereocenters. The van der Waals surface area contributed by atoms with E-state index in [0.717, 1.165) is 23.7 Å². The van der Waals surface area contributed by atoms with Crippen LogP contribution in [0.25, 0.3) is 5.76 Å². The highest BCUT2D eigenvalue weighted by atomic mass is 79.9. The molecule has 0 aromatic heterocycles. The number of carbonyl (C=O) groups is 2. The molecule has 1 N–H and O–H groups in total. The molecule has 0 bridgehead atoms. The third-order valence-corrected chi connectivity index (χ3v) is 8.12. The second-order valence-electron chi connectivity index (χ2n) is 10.6. The largest absolute Gasteiger partial charge is 0.507 e. The lowest BCUT2D eigenvalue weighted by Crippen LogP contribution is -2.30. The predicted octanol–water partition coefficient (Wildman–Crippen LogP) is 9.49. The van der Waals surface area contributed by atoms with Crippen LogP contribution < -0.4 is 0 Å². The fraction of sp³-hybridized carbons (Fsp3) is 0.515. The minimum absolute atomic E-state index is 0.0549. The molecule has 2 aromatic carbocycles. The van der Waals surface area contributed by atoms with E-state index in [-0.39, 0.29) is 11.3 Å². The normalized spacial score (nSPS) is 16.8. The van der Waals surface area contributed by atoms with E-state index in [1.54, 1.807) is 41.3 Å². The van der Waals surface area contributed by atoms with Crippen molar-refractivity contribution in [3.8, 4) is 0 Å². The first kappa shape index (κ1) is 31.1. The van der Waals surface area contributed by atoms with E-state index in [4.69, 9.17) is 0 Å². The zero-order valence-electron chi connectivity index (χ0n) is 23.3. The van der Waals surface area contributed by atoms with Crippen LogP contribution in [0.4, 0.5) is 4.39 Å². The van der Waals surface area contributed by atoms with Crippen LogP contribution in [0, 0.1) is 5.82 Å². The van der Waals surface area contributed by atoms with Gasteiger partial charge < -0.3 is 10.0 Å². The number of likely N-dealkylation sites (tertiary alicyclic amines) is 1. The topological polar surface area (TPSA) is 57.6 Å². The molecule has 4 nitrogen and oxygen atoms in total. The summed E-state index contributed by atoms with van der Waals surface area (Å²) in [4.78, 5) is 27.7. The van der Waals surface area contributed by atoms with Gasteiger partial charge in [0.05, 0.1) is 11.6 Å². The number of aliphatic hydroxyl groups is 1. The highest BCUT2D eigenvalue weighted by Crippen LogP contribution is 2.39. The van der Waals surface area contributed by atoms with Gasteiger partial charge in [0.15, 0.2) is 0 Å². The average molecular weight is 601 g/mol. The number of benzene rings is 2. The third-order valence-electron chi connectivity index (χ3n) is 7.60. The fourth-order valence-electron chi connectivity index (χ4n) is 5.34. The van der Waals surface area contributed by atoms with Gasteiger partial charge in [-0.2, -0.15) is 0 Å². The first-order valence-corrected chi connectivity index (χ1v) is 15.5. The Morgan fingerprint density at radius 3 is 1.77 bits per heavy atom. The van der Waals surface area contributed by atoms with Crippen molar-refractivity contribution in [2.24, 2.45) is 0 Å². The van der Waals surface area contributed by atoms with Gasteiger partial charge in [0.25, 0.3) is 11.7 Å². The molecule has 0 spiro atoms. The van der Waals surface area contributed by atoms with Crippen molar-refractivity contribution in [3.05, 3.63) is 75.5 Å². The molecule has 0 aliphatic carbocycles. The molecule has 6 heteroatoms. The van der Waals surface area contributed by atoms with Crippen LogP contribution in [0.15, 0.2) is 58.6 Å². The summed E-state index contributed by atoms with van der Waals surface area (Å²) in [6.07, 6.45) is 17.4. The molecular weight excluding hydrogens is 557 g/mol. The molecule has 1 fully saturated rings. The lowest BCUT2D eigenvalue weighted by Gasteiger charge is -2.25. The quantitative estimate of drug-likeness (QED) is 0.0852. The van der Waals surface area contributed by atoms with Crippen molar-refractivity contribution in [3.63, 3.8) is 0 Å². The maximum Gasteiger partial charge on any atom is 0.295 e. The van der Waals surface area contributed by atoms with Gasteiger partial charge in [-0.1, -0.05) is 131 Å². The minimum Gasteiger partial charge on any atom is -0.507 e. The van der Waals surface area contributed by atoms with Crippen LogP contribution in [0.1, 0.15) is 114 Å². The molecule has 1 heterocycles. The van der Waals surface area contributed by atoms with Gasteiger partial charge in [-0.05, 0) is 36.2 Å². The Kier molecular flexibility index (Phi) is 13.2. The van der Waals surface area contributed by atoms with Gasteiger partial charge in [0.2, 0.25) is 0 Å². The van der Waals surface area contributed by atoms with Gasteiger partial charge in [-0.15, -0.1) is 0 Å². The smallest absolute Gasteiger partial charge is 0.295 e. The highest BCUT2D eigenvalue weighted by Gasteiger charge is 2.45. The highest BCUT2D eigenvalue weighted by molar-refractivity contribution is 9.10. The van der Waals surface area contributed by atoms with Crippen molar-refractivity contribution in [1.82, 2.24) is 4.90 Å². The number of aliphatic hydroxyl groups excluding tert-OH is 1. The van der Waals surface area contributed by atoms with Crippen molar-refractivity contribution >= 4 is 33.4 Å². The predicted molar refractivity (Wildman–Crippen MR) is 160 cm³/mol. The van der Waals surface area contributed by atoms with Crippen LogP contribution in [0.3, 0.4) is 0 Å². The zero-order chi connectivity index (χ0) is 28.0. The molecule has 1 saturated heterocycles. The van der Waals surface area contributed by atoms with Crippen LogP contribution in [0.5, 0.6) is 0 Å². The molecular formula is C33H43BrFNO3. The fourth-order valence-corrected chi connectivity index (χ4v) is 5.61. The maximum atomic E-state index is 13.7. The summed E-state index contributed by atoms with van der Waals surface area (Å²) in [5, 5.41) is 11.1. The zero-order valence-corrected chi connectivity index (χ0v) is 24.9. The Morgan fingerprint density at radius 1 is 0.769 bits per heavy atom. The van der Waals surface area contributed by atoms with Crippen LogP contribution in [-0.4, -0.2) is 28.2 Å². The van der Waals surface area contributed by atoms with Gasteiger partial charge in [0, 0.05) is 16.6 Å². The number of halogens is 2. The number of hydrogen-bond donors (Lipinski definition) is 1. The van der Waals surface area contributed by atoms with E-state index in [9.17, 15) is 19.1 Å². The van der Waals surface area contributed by atoms with Crippen LogP contribution in [-0.2, 0) is 9.59 Å². The average Bonchev–Trinajstić information content (AvgIpc) is 3.18. The molecule has 3 rings (SSSR count). The summed E-state index contributed by atoms with van der Waals surface area (Å²) < 4.78 is 14.5. The lowest BCUT2D eigenvalue weighted by molar-refractivity contribution is -0.139. The summed E-state index contributed by atoms with van der Waals surface area (Å²) in [6, 6.07) is 12.0. The lowest BCUT2D eigenvalue weighted by atomic mass is 9.95. The second kappa shape index (κ2) is 16.6. The number of ketones is 1. The summed E-state index contributed by atoms with van der Waals surface area (Å²) in [5.41, 5.74) is 1.12. The number of nitrogens with zero attached hydrogens (tertiary/aromatic N) is 1. The van der Waals surface area contributed by atoms with E-state index in [1.165, 1.54) is 82.8 Å². The SMILES string of the molecule is CCCCCCCCCCCCCCCCN1C(=O)C(=O)C(=C(O)c2ccc(Br)cc2)[C@H]1c1ccc(F)cc1. The van der Waals surface area contributed by atoms with Crippen molar-refractivity contribution in [2.75, 3.05) is 6.54 Å². The van der Waals surface area contributed by atoms with E-state index in [1.807, 2.05) is 0 Å². The molecule has 1 amide bonds. The molecule has 1 aliphatic rings. The van der Waals surface area contributed by atoms with E-state index >= 15 is 0 Å². The Hall–Kier alpha value is -2.47. The van der Waals surface area contributed by atoms with Crippen LogP contribution >= 0.6 is 15.9 Å². The Bertz CT molecular complexity index is 1080. The van der Waals surface area contributed by atoms with E-state index in [0.29, 0.717) is 17.7 Å². The number of Topliss-reactive ketones (excluding diaryl/α,β-unsaturated/α-hetero) is 1. The molecule has 1 aliphatic heterocycles. The Labute approximate surface area is 241 Å². The van der Waals surface area contributed by atoms with Gasteiger partial charge >= 0.3 is 0 Å². The number of hydrogen-bond acceptors (Lipinski definition) is 3. The maximum absolute atomic E-state index is 13.7. The minimum atomic E-state index is -0.740. The van der Waals surface area contributed by atoms with Crippen molar-refractivity contribution in [1.29, 1.82) is 0 Å². The summed E-state index contributed by atoms with van der Waals surface area (Å²) in [6.45, 7) is 2.67. The molecule has 1 atom stereocenters. The molecule has 0 saturated carbocycles. The number of carbonyl (C=O) groups excluding carboxylic acids is 2. The molecule has 2 aromatic rings. The van der Waals surface area contributed by atoms with Crippen molar-refractivity contribution < 1.29 is 19.1 Å². The number of amides is 1. The third kappa shape index (κ3) is 9.30. The first-order valence-electron chi connectivity index (χ1n) is 14.7. The number of unbranched alkanes of at least 4 members (excludes halogenated alkanes) is 13. The molecule has 0 radical (unpaired) electrons. The summed E-state index contributed by atoms with van der Waals surface area (Å²) >= 11 is 3.38. The molecule has 212 valence electrons. The Balaban J connectivity index is 1.52. The number of rotatable bonds is 17. The van der Waals surface area contributed by atoms with Crippen LogP contribution in [0.2, 0.25) is 0 Å². The van der Waals surface area contributed by atoms with Crippen molar-refractivity contribution in [2.45, 2.75) is 103 Å². The summed E-state index contributed by atoms with van der Waals surface area (Å²) in [5.74, 6) is -1.91. The second-order valence-corrected chi connectivity index (χ2v) is 11.6. The molecule has 39 heavy (non-hydrogen) atoms. The first-order chi connectivity index (χ1) is 18.9. The van der Waals surface area contributed by atoms with E-state index < -0.39 is 23.5 Å². The Morgan fingerprint density at radius 2 is 1.26 bits per heavy atom.